The van der Waals surface area contributed by atoms with Crippen molar-refractivity contribution in [3.63, 3.8) is 0 Å². The van der Waals surface area contributed by atoms with Crippen LogP contribution in [-0.4, -0.2) is 15.0 Å². The smallest absolute Gasteiger partial charge is 0.179 e. The summed E-state index contributed by atoms with van der Waals surface area (Å²) in [6.45, 7) is 0. The average Bonchev–Trinajstić information content (AvgIpc) is 3.31. The maximum absolute atomic E-state index is 6.21. The summed E-state index contributed by atoms with van der Waals surface area (Å²) in [4.78, 5) is 15.0. The molecule has 0 N–H and O–H groups in total. The third-order valence-electron chi connectivity index (χ3n) is 6.91. The monoisotopic (exact) mass is 447 g/mol. The van der Waals surface area contributed by atoms with Gasteiger partial charge in [0.2, 0.25) is 0 Å². The molecule has 0 bridgehead atoms. The van der Waals surface area contributed by atoms with Gasteiger partial charge in [-0.1, -0.05) is 66.7 Å². The molecule has 3 aromatic heterocycles. The minimum Gasteiger partial charge on any atom is -0.456 e. The zero-order valence-corrected chi connectivity index (χ0v) is 18.6. The average molecular weight is 447 g/mol. The zero-order valence-electron chi connectivity index (χ0n) is 18.6. The van der Waals surface area contributed by atoms with Gasteiger partial charge < -0.3 is 4.42 Å². The summed E-state index contributed by atoms with van der Waals surface area (Å²) in [5.41, 5.74) is 4.29. The largest absolute Gasteiger partial charge is 0.456 e. The van der Waals surface area contributed by atoms with Crippen LogP contribution in [0, 0.1) is 0 Å². The van der Waals surface area contributed by atoms with Crippen LogP contribution >= 0.6 is 0 Å². The lowest BCUT2D eigenvalue weighted by molar-refractivity contribution is 0.669. The lowest BCUT2D eigenvalue weighted by Crippen LogP contribution is -1.96. The van der Waals surface area contributed by atoms with Crippen molar-refractivity contribution in [2.45, 2.75) is 0 Å². The number of furan rings is 1. The molecule has 0 saturated carbocycles. The van der Waals surface area contributed by atoms with E-state index < -0.39 is 0 Å². The fourth-order valence-electron chi connectivity index (χ4n) is 5.32. The second-order valence-electron chi connectivity index (χ2n) is 8.85. The molecular weight excluding hydrogens is 430 g/mol. The fourth-order valence-corrected chi connectivity index (χ4v) is 5.32. The Kier molecular flexibility index (Phi) is 3.63. The number of para-hydroxylation sites is 2. The van der Waals surface area contributed by atoms with Crippen molar-refractivity contribution in [3.8, 4) is 11.5 Å². The fraction of sp³-hybridized carbons (Fsp3) is 0. The van der Waals surface area contributed by atoms with Crippen molar-refractivity contribution in [1.82, 2.24) is 15.0 Å². The number of hydrogen-bond donors (Lipinski definition) is 0. The van der Waals surface area contributed by atoms with Crippen LogP contribution < -0.4 is 0 Å². The quantitative estimate of drug-likeness (QED) is 0.239. The Hall–Kier alpha value is -4.83. The molecule has 0 spiro atoms. The maximum Gasteiger partial charge on any atom is 0.179 e. The molecule has 0 atom stereocenters. The van der Waals surface area contributed by atoms with Crippen molar-refractivity contribution < 1.29 is 4.42 Å². The number of hydrogen-bond acceptors (Lipinski definition) is 4. The van der Waals surface area contributed by atoms with E-state index >= 15 is 0 Å². The van der Waals surface area contributed by atoms with Crippen LogP contribution in [0.15, 0.2) is 108 Å². The Morgan fingerprint density at radius 2 is 1.26 bits per heavy atom. The van der Waals surface area contributed by atoms with Gasteiger partial charge in [0.25, 0.3) is 0 Å². The van der Waals surface area contributed by atoms with E-state index in [1.807, 2.05) is 36.5 Å². The number of benzene rings is 5. The number of rotatable bonds is 1. The maximum atomic E-state index is 6.21. The molecule has 0 fully saturated rings. The summed E-state index contributed by atoms with van der Waals surface area (Å²) < 4.78 is 6.21. The van der Waals surface area contributed by atoms with Crippen LogP contribution in [-0.2, 0) is 0 Å². The van der Waals surface area contributed by atoms with Crippen LogP contribution in [0.5, 0.6) is 0 Å². The van der Waals surface area contributed by atoms with Gasteiger partial charge in [0.1, 0.15) is 16.9 Å². The molecule has 0 radical (unpaired) electrons. The molecule has 0 amide bonds. The number of aromatic nitrogens is 3. The Balaban J connectivity index is 1.55. The van der Waals surface area contributed by atoms with E-state index in [-0.39, 0.29) is 0 Å². The lowest BCUT2D eigenvalue weighted by atomic mass is 9.98. The lowest BCUT2D eigenvalue weighted by Gasteiger charge is -2.11. The van der Waals surface area contributed by atoms with Crippen molar-refractivity contribution >= 4 is 65.3 Å². The molecule has 0 unspecified atom stereocenters. The third kappa shape index (κ3) is 2.59. The summed E-state index contributed by atoms with van der Waals surface area (Å²) in [5.74, 6) is 0.612. The first-order valence-corrected chi connectivity index (χ1v) is 11.6. The minimum absolute atomic E-state index is 0.612. The van der Waals surface area contributed by atoms with Crippen LogP contribution in [0.4, 0.5) is 0 Å². The first-order chi connectivity index (χ1) is 17.3. The summed E-state index contributed by atoms with van der Waals surface area (Å²) in [7, 11) is 0. The summed E-state index contributed by atoms with van der Waals surface area (Å²) in [6.07, 6.45) is 1.93. The molecule has 8 aromatic rings. The van der Waals surface area contributed by atoms with Crippen molar-refractivity contribution in [1.29, 1.82) is 0 Å². The minimum atomic E-state index is 0.612. The van der Waals surface area contributed by atoms with Gasteiger partial charge in [-0.25, -0.2) is 15.0 Å². The molecule has 4 heteroatoms. The van der Waals surface area contributed by atoms with Crippen LogP contribution in [0.25, 0.3) is 76.8 Å². The summed E-state index contributed by atoms with van der Waals surface area (Å²) in [6, 6.07) is 33.1. The van der Waals surface area contributed by atoms with E-state index in [4.69, 9.17) is 19.4 Å². The molecule has 0 aliphatic heterocycles. The third-order valence-corrected chi connectivity index (χ3v) is 6.91. The summed E-state index contributed by atoms with van der Waals surface area (Å²) >= 11 is 0. The molecule has 8 rings (SSSR count). The zero-order chi connectivity index (χ0) is 22.9. The highest BCUT2D eigenvalue weighted by atomic mass is 16.3. The second-order valence-corrected chi connectivity index (χ2v) is 8.85. The van der Waals surface area contributed by atoms with Gasteiger partial charge in [-0.3, -0.25) is 0 Å². The van der Waals surface area contributed by atoms with Gasteiger partial charge in [-0.2, -0.15) is 0 Å². The topological polar surface area (TPSA) is 51.8 Å². The number of fused-ring (bicyclic) bond motifs is 10. The molecule has 162 valence electrons. The van der Waals surface area contributed by atoms with Crippen LogP contribution in [0.2, 0.25) is 0 Å². The molecule has 3 heterocycles. The molecular formula is C31H17N3O. The van der Waals surface area contributed by atoms with Crippen molar-refractivity contribution in [2.24, 2.45) is 0 Å². The van der Waals surface area contributed by atoms with Gasteiger partial charge in [-0.15, -0.1) is 0 Å². The van der Waals surface area contributed by atoms with Crippen LogP contribution in [0.1, 0.15) is 0 Å². The second kappa shape index (κ2) is 6.84. The SMILES string of the molecule is c1ccc2c(c1)ccc1nc(-c3nc4ccccc4c4ccc5oc6ccccc6c5c34)ncc12. The van der Waals surface area contributed by atoms with Crippen molar-refractivity contribution in [2.75, 3.05) is 0 Å². The summed E-state index contributed by atoms with van der Waals surface area (Å²) in [5, 5.41) is 8.72. The Bertz CT molecular complexity index is 2120. The van der Waals surface area contributed by atoms with E-state index in [1.54, 1.807) is 0 Å². The van der Waals surface area contributed by atoms with E-state index in [9.17, 15) is 0 Å². The Morgan fingerprint density at radius 3 is 2.20 bits per heavy atom. The molecule has 0 aliphatic rings. The van der Waals surface area contributed by atoms with Crippen LogP contribution in [0.3, 0.4) is 0 Å². The predicted octanol–water partition coefficient (Wildman–Crippen LogP) is 8.05. The normalized spacial score (nSPS) is 12.0. The van der Waals surface area contributed by atoms with Gasteiger partial charge in [0, 0.05) is 33.1 Å². The standard InChI is InChI=1S/C31H17N3O/c1-2-8-19-18(7-1)13-15-25-23(19)17-32-31(34-25)30-29-21(20-9-3-5-11-24(20)33-30)14-16-27-28(29)22-10-4-6-12-26(22)35-27/h1-17H. The Labute approximate surface area is 199 Å². The van der Waals surface area contributed by atoms with E-state index in [0.717, 1.165) is 65.6 Å². The van der Waals surface area contributed by atoms with Gasteiger partial charge >= 0.3 is 0 Å². The predicted molar refractivity (Wildman–Crippen MR) is 143 cm³/mol. The first kappa shape index (κ1) is 18.6. The van der Waals surface area contributed by atoms with Gasteiger partial charge in [-0.05, 0) is 46.5 Å². The van der Waals surface area contributed by atoms with E-state index in [0.29, 0.717) is 5.82 Å². The molecule has 0 saturated heterocycles. The van der Waals surface area contributed by atoms with E-state index in [1.165, 1.54) is 5.39 Å². The molecule has 5 aromatic carbocycles. The van der Waals surface area contributed by atoms with E-state index in [2.05, 4.69) is 66.7 Å². The highest BCUT2D eigenvalue weighted by Crippen LogP contribution is 2.41. The van der Waals surface area contributed by atoms with Gasteiger partial charge in [0.15, 0.2) is 5.82 Å². The number of pyridine rings is 1. The molecule has 35 heavy (non-hydrogen) atoms. The van der Waals surface area contributed by atoms with Crippen molar-refractivity contribution in [3.05, 3.63) is 103 Å². The van der Waals surface area contributed by atoms with Gasteiger partial charge in [0.05, 0.1) is 11.0 Å². The molecule has 4 nitrogen and oxygen atoms in total. The Morgan fingerprint density at radius 1 is 0.486 bits per heavy atom. The highest BCUT2D eigenvalue weighted by Gasteiger charge is 2.19. The first-order valence-electron chi connectivity index (χ1n) is 11.6. The molecule has 0 aliphatic carbocycles. The number of nitrogens with zero attached hydrogens (tertiary/aromatic N) is 3. The highest BCUT2D eigenvalue weighted by molar-refractivity contribution is 6.26.